The number of hydrogen-bond acceptors (Lipinski definition) is 2. The fraction of sp³-hybridized carbons (Fsp3) is 0.400. The van der Waals surface area contributed by atoms with Crippen LogP contribution in [0.25, 0.3) is 0 Å². The number of allylic oxidation sites excluding steroid dienone is 1. The van der Waals surface area contributed by atoms with E-state index in [-0.39, 0.29) is 12.2 Å². The standard InChI is InChI=1S/C15H16BrNO/c16-10-4-7-13(11-17)15-9-8-14(18-15)12-5-2-1-3-6-12/h1-3,5-7,14-15H,4,8-10H2/b13-7+. The summed E-state index contributed by atoms with van der Waals surface area (Å²) < 4.78 is 5.99. The number of halogens is 1. The summed E-state index contributed by atoms with van der Waals surface area (Å²) in [5, 5.41) is 10.0. The second-order valence-electron chi connectivity index (χ2n) is 4.35. The number of ether oxygens (including phenoxy) is 1. The molecule has 1 aliphatic rings. The Morgan fingerprint density at radius 1 is 1.39 bits per heavy atom. The van der Waals surface area contributed by atoms with Gasteiger partial charge < -0.3 is 4.74 Å². The predicted molar refractivity (Wildman–Crippen MR) is 75.4 cm³/mol. The minimum absolute atomic E-state index is 0.0285. The van der Waals surface area contributed by atoms with Crippen molar-refractivity contribution in [3.05, 3.63) is 47.5 Å². The number of nitrogens with zero attached hydrogens (tertiary/aromatic N) is 1. The maximum atomic E-state index is 9.16. The average molecular weight is 306 g/mol. The molecule has 1 saturated heterocycles. The number of benzene rings is 1. The van der Waals surface area contributed by atoms with Crippen molar-refractivity contribution in [2.24, 2.45) is 0 Å². The SMILES string of the molecule is N#C/C(=C\CCBr)C1CCC(c2ccccc2)O1. The van der Waals surface area contributed by atoms with E-state index < -0.39 is 0 Å². The molecule has 0 aromatic heterocycles. The minimum Gasteiger partial charge on any atom is -0.365 e. The van der Waals surface area contributed by atoms with Gasteiger partial charge in [-0.2, -0.15) is 5.26 Å². The summed E-state index contributed by atoms with van der Waals surface area (Å²) in [7, 11) is 0. The Bertz CT molecular complexity index is 449. The maximum Gasteiger partial charge on any atom is 0.0971 e. The largest absolute Gasteiger partial charge is 0.365 e. The lowest BCUT2D eigenvalue weighted by Crippen LogP contribution is -2.09. The zero-order valence-corrected chi connectivity index (χ0v) is 11.8. The van der Waals surface area contributed by atoms with Gasteiger partial charge in [0.2, 0.25) is 0 Å². The molecule has 0 amide bonds. The molecule has 1 heterocycles. The lowest BCUT2D eigenvalue weighted by molar-refractivity contribution is 0.0669. The monoisotopic (exact) mass is 305 g/mol. The number of alkyl halides is 1. The molecule has 94 valence electrons. The Hall–Kier alpha value is -1.11. The number of nitriles is 1. The predicted octanol–water partition coefficient (Wildman–Crippen LogP) is 4.14. The highest BCUT2D eigenvalue weighted by Gasteiger charge is 2.28. The van der Waals surface area contributed by atoms with Crippen LogP contribution < -0.4 is 0 Å². The molecule has 1 aromatic carbocycles. The molecule has 0 bridgehead atoms. The van der Waals surface area contributed by atoms with E-state index in [4.69, 9.17) is 10.00 Å². The molecule has 0 N–H and O–H groups in total. The number of rotatable bonds is 4. The van der Waals surface area contributed by atoms with Crippen LogP contribution in [0.15, 0.2) is 42.0 Å². The van der Waals surface area contributed by atoms with Crippen molar-refractivity contribution in [1.82, 2.24) is 0 Å². The first-order chi connectivity index (χ1) is 8.85. The van der Waals surface area contributed by atoms with Crippen molar-refractivity contribution in [3.63, 3.8) is 0 Å². The van der Waals surface area contributed by atoms with Gasteiger partial charge in [0.25, 0.3) is 0 Å². The maximum absolute atomic E-state index is 9.16. The Kier molecular flexibility index (Phi) is 4.98. The van der Waals surface area contributed by atoms with Gasteiger partial charge >= 0.3 is 0 Å². The molecule has 2 atom stereocenters. The third kappa shape index (κ3) is 3.22. The second kappa shape index (κ2) is 6.72. The average Bonchev–Trinajstić information content (AvgIpc) is 2.90. The van der Waals surface area contributed by atoms with E-state index in [0.717, 1.165) is 30.2 Å². The van der Waals surface area contributed by atoms with E-state index in [9.17, 15) is 0 Å². The molecular formula is C15H16BrNO. The van der Waals surface area contributed by atoms with Gasteiger partial charge in [-0.1, -0.05) is 52.3 Å². The second-order valence-corrected chi connectivity index (χ2v) is 5.14. The zero-order valence-electron chi connectivity index (χ0n) is 10.2. The quantitative estimate of drug-likeness (QED) is 0.618. The summed E-state index contributed by atoms with van der Waals surface area (Å²) in [6, 6.07) is 12.5. The Balaban J connectivity index is 2.02. The third-order valence-electron chi connectivity index (χ3n) is 3.14. The van der Waals surface area contributed by atoms with Crippen molar-refractivity contribution in [2.75, 3.05) is 5.33 Å². The first-order valence-electron chi connectivity index (χ1n) is 6.21. The van der Waals surface area contributed by atoms with Gasteiger partial charge in [0, 0.05) is 5.33 Å². The molecule has 18 heavy (non-hydrogen) atoms. The van der Waals surface area contributed by atoms with Crippen molar-refractivity contribution in [3.8, 4) is 6.07 Å². The summed E-state index contributed by atoms with van der Waals surface area (Å²) >= 11 is 3.37. The molecular weight excluding hydrogens is 290 g/mol. The van der Waals surface area contributed by atoms with Crippen LogP contribution in [0.2, 0.25) is 0 Å². The van der Waals surface area contributed by atoms with Gasteiger partial charge in [-0.15, -0.1) is 0 Å². The molecule has 2 unspecified atom stereocenters. The molecule has 0 saturated carbocycles. The molecule has 1 fully saturated rings. The Morgan fingerprint density at radius 3 is 2.83 bits per heavy atom. The first kappa shape index (κ1) is 13.3. The molecule has 0 spiro atoms. The van der Waals surface area contributed by atoms with Crippen molar-refractivity contribution >= 4 is 15.9 Å². The van der Waals surface area contributed by atoms with Crippen LogP contribution in [-0.4, -0.2) is 11.4 Å². The lowest BCUT2D eigenvalue weighted by Gasteiger charge is -2.13. The Labute approximate surface area is 116 Å². The van der Waals surface area contributed by atoms with Gasteiger partial charge in [0.15, 0.2) is 0 Å². The molecule has 2 rings (SSSR count). The minimum atomic E-state index is -0.0285. The van der Waals surface area contributed by atoms with Crippen LogP contribution in [-0.2, 0) is 4.74 Å². The summed E-state index contributed by atoms with van der Waals surface area (Å²) in [5.74, 6) is 0. The molecule has 3 heteroatoms. The van der Waals surface area contributed by atoms with Crippen molar-refractivity contribution in [1.29, 1.82) is 5.26 Å². The normalized spacial score (nSPS) is 23.9. The summed E-state index contributed by atoms with van der Waals surface area (Å²) in [6.07, 6.45) is 4.88. The van der Waals surface area contributed by atoms with Gasteiger partial charge in [0.05, 0.1) is 23.9 Å². The van der Waals surface area contributed by atoms with Crippen LogP contribution >= 0.6 is 15.9 Å². The van der Waals surface area contributed by atoms with Crippen molar-refractivity contribution in [2.45, 2.75) is 31.5 Å². The van der Waals surface area contributed by atoms with E-state index in [2.05, 4.69) is 34.1 Å². The topological polar surface area (TPSA) is 33.0 Å². The van der Waals surface area contributed by atoms with Crippen LogP contribution in [0.1, 0.15) is 30.9 Å². The molecule has 1 aromatic rings. The molecule has 2 nitrogen and oxygen atoms in total. The highest BCUT2D eigenvalue weighted by molar-refractivity contribution is 9.09. The van der Waals surface area contributed by atoms with Gasteiger partial charge in [-0.3, -0.25) is 0 Å². The summed E-state index contributed by atoms with van der Waals surface area (Å²) in [5.41, 5.74) is 1.98. The Morgan fingerprint density at radius 2 is 2.17 bits per heavy atom. The smallest absolute Gasteiger partial charge is 0.0971 e. The third-order valence-corrected chi connectivity index (χ3v) is 3.60. The highest BCUT2D eigenvalue weighted by Crippen LogP contribution is 2.35. The van der Waals surface area contributed by atoms with Gasteiger partial charge in [-0.25, -0.2) is 0 Å². The van der Waals surface area contributed by atoms with E-state index in [1.165, 1.54) is 5.56 Å². The zero-order chi connectivity index (χ0) is 12.8. The number of hydrogen-bond donors (Lipinski definition) is 0. The van der Waals surface area contributed by atoms with E-state index in [1.807, 2.05) is 24.3 Å². The lowest BCUT2D eigenvalue weighted by atomic mass is 10.0. The van der Waals surface area contributed by atoms with Crippen LogP contribution in [0.5, 0.6) is 0 Å². The van der Waals surface area contributed by atoms with E-state index >= 15 is 0 Å². The molecule has 1 aliphatic heterocycles. The summed E-state index contributed by atoms with van der Waals surface area (Å²) in [6.45, 7) is 0. The van der Waals surface area contributed by atoms with Crippen LogP contribution in [0, 0.1) is 11.3 Å². The van der Waals surface area contributed by atoms with Gasteiger partial charge in [-0.05, 0) is 24.8 Å². The van der Waals surface area contributed by atoms with E-state index in [1.54, 1.807) is 0 Å². The molecule has 0 radical (unpaired) electrons. The summed E-state index contributed by atoms with van der Waals surface area (Å²) in [4.78, 5) is 0. The van der Waals surface area contributed by atoms with E-state index in [0.29, 0.717) is 0 Å². The van der Waals surface area contributed by atoms with Crippen LogP contribution in [0.3, 0.4) is 0 Å². The fourth-order valence-electron chi connectivity index (χ4n) is 2.24. The highest BCUT2D eigenvalue weighted by atomic mass is 79.9. The molecule has 0 aliphatic carbocycles. The van der Waals surface area contributed by atoms with Crippen molar-refractivity contribution < 1.29 is 4.74 Å². The first-order valence-corrected chi connectivity index (χ1v) is 7.34. The van der Waals surface area contributed by atoms with Crippen LogP contribution in [0.4, 0.5) is 0 Å². The fourth-order valence-corrected chi connectivity index (χ4v) is 2.47. The van der Waals surface area contributed by atoms with Gasteiger partial charge in [0.1, 0.15) is 0 Å².